The van der Waals surface area contributed by atoms with E-state index in [1.54, 1.807) is 11.3 Å². The lowest BCUT2D eigenvalue weighted by Gasteiger charge is -2.29. The van der Waals surface area contributed by atoms with Gasteiger partial charge < -0.3 is 5.32 Å². The Bertz CT molecular complexity index is 594. The maximum absolute atomic E-state index is 12.1. The standard InChI is InChI=1S/C14H19N5OS/c1-10-5-2-3-6-11(10)15-13(20)9-19-17-14(16-18-19)12-7-4-8-21-12/h4,7-8,10-11H,2-3,5-6,9H2,1H3,(H,15,20). The molecule has 21 heavy (non-hydrogen) atoms. The van der Waals surface area contributed by atoms with Crippen molar-refractivity contribution < 1.29 is 4.79 Å². The Labute approximate surface area is 127 Å². The number of tetrazole rings is 1. The summed E-state index contributed by atoms with van der Waals surface area (Å²) in [5.41, 5.74) is 0. The molecule has 1 aliphatic rings. The van der Waals surface area contributed by atoms with Gasteiger partial charge in [-0.05, 0) is 35.4 Å². The van der Waals surface area contributed by atoms with Gasteiger partial charge in [-0.3, -0.25) is 4.79 Å². The molecule has 6 nitrogen and oxygen atoms in total. The lowest BCUT2D eigenvalue weighted by molar-refractivity contribution is -0.123. The third-order valence-electron chi connectivity index (χ3n) is 3.94. The first-order valence-corrected chi connectivity index (χ1v) is 8.21. The van der Waals surface area contributed by atoms with Gasteiger partial charge in [0.25, 0.3) is 0 Å². The van der Waals surface area contributed by atoms with E-state index in [2.05, 4.69) is 27.7 Å². The van der Waals surface area contributed by atoms with Crippen LogP contribution in [-0.4, -0.2) is 32.2 Å². The number of thiophene rings is 1. The van der Waals surface area contributed by atoms with E-state index in [9.17, 15) is 4.79 Å². The third-order valence-corrected chi connectivity index (χ3v) is 4.80. The Balaban J connectivity index is 1.57. The van der Waals surface area contributed by atoms with Gasteiger partial charge in [0.2, 0.25) is 11.7 Å². The van der Waals surface area contributed by atoms with Crippen molar-refractivity contribution in [2.75, 3.05) is 0 Å². The van der Waals surface area contributed by atoms with Crippen molar-refractivity contribution in [3.05, 3.63) is 17.5 Å². The average molecular weight is 305 g/mol. The fourth-order valence-corrected chi connectivity index (χ4v) is 3.37. The molecule has 0 aliphatic heterocycles. The molecule has 0 radical (unpaired) electrons. The van der Waals surface area contributed by atoms with Crippen molar-refractivity contribution in [2.24, 2.45) is 5.92 Å². The molecule has 0 spiro atoms. The van der Waals surface area contributed by atoms with Crippen molar-refractivity contribution in [3.8, 4) is 10.7 Å². The molecule has 7 heteroatoms. The summed E-state index contributed by atoms with van der Waals surface area (Å²) >= 11 is 1.56. The molecular weight excluding hydrogens is 286 g/mol. The lowest BCUT2D eigenvalue weighted by Crippen LogP contribution is -2.42. The Morgan fingerprint density at radius 2 is 2.33 bits per heavy atom. The fourth-order valence-electron chi connectivity index (χ4n) is 2.73. The topological polar surface area (TPSA) is 72.7 Å². The minimum atomic E-state index is -0.0381. The van der Waals surface area contributed by atoms with Crippen LogP contribution in [-0.2, 0) is 11.3 Å². The molecule has 1 amide bonds. The second-order valence-electron chi connectivity index (χ2n) is 5.56. The summed E-state index contributed by atoms with van der Waals surface area (Å²) in [4.78, 5) is 14.4. The van der Waals surface area contributed by atoms with Gasteiger partial charge in [0.15, 0.2) is 0 Å². The van der Waals surface area contributed by atoms with Gasteiger partial charge in [-0.1, -0.05) is 25.8 Å². The molecule has 1 aliphatic carbocycles. The van der Waals surface area contributed by atoms with Crippen molar-refractivity contribution in [3.63, 3.8) is 0 Å². The number of carbonyl (C=O) groups is 1. The number of hydrogen-bond acceptors (Lipinski definition) is 5. The highest BCUT2D eigenvalue weighted by Crippen LogP contribution is 2.23. The van der Waals surface area contributed by atoms with E-state index >= 15 is 0 Å². The van der Waals surface area contributed by atoms with E-state index in [-0.39, 0.29) is 18.5 Å². The van der Waals surface area contributed by atoms with Crippen LogP contribution < -0.4 is 5.32 Å². The molecule has 112 valence electrons. The van der Waals surface area contributed by atoms with Gasteiger partial charge in [0, 0.05) is 6.04 Å². The van der Waals surface area contributed by atoms with Crippen LogP contribution in [0.3, 0.4) is 0 Å². The summed E-state index contributed by atoms with van der Waals surface area (Å²) < 4.78 is 0. The number of rotatable bonds is 4. The third kappa shape index (κ3) is 3.47. The minimum Gasteiger partial charge on any atom is -0.351 e. The van der Waals surface area contributed by atoms with Crippen molar-refractivity contribution in [2.45, 2.75) is 45.2 Å². The predicted octanol–water partition coefficient (Wildman–Crippen LogP) is 2.10. The zero-order valence-electron chi connectivity index (χ0n) is 12.0. The van der Waals surface area contributed by atoms with Gasteiger partial charge in [0.05, 0.1) is 4.88 Å². The van der Waals surface area contributed by atoms with Crippen molar-refractivity contribution >= 4 is 17.2 Å². The normalized spacial score (nSPS) is 22.1. The van der Waals surface area contributed by atoms with Gasteiger partial charge >= 0.3 is 0 Å². The first-order valence-electron chi connectivity index (χ1n) is 7.33. The van der Waals surface area contributed by atoms with Crippen LogP contribution >= 0.6 is 11.3 Å². The van der Waals surface area contributed by atoms with Crippen LogP contribution in [0.5, 0.6) is 0 Å². The molecule has 2 unspecified atom stereocenters. The maximum atomic E-state index is 12.1. The molecule has 3 rings (SSSR count). The predicted molar refractivity (Wildman–Crippen MR) is 80.7 cm³/mol. The van der Waals surface area contributed by atoms with Gasteiger partial charge in [-0.25, -0.2) is 0 Å². The summed E-state index contributed by atoms with van der Waals surface area (Å²) in [5, 5.41) is 17.2. The zero-order chi connectivity index (χ0) is 14.7. The number of nitrogens with one attached hydrogen (secondary N) is 1. The molecule has 0 bridgehead atoms. The van der Waals surface area contributed by atoms with Crippen LogP contribution in [0, 0.1) is 5.92 Å². The van der Waals surface area contributed by atoms with E-state index < -0.39 is 0 Å². The first-order chi connectivity index (χ1) is 10.2. The Morgan fingerprint density at radius 1 is 1.48 bits per heavy atom. The number of aromatic nitrogens is 4. The molecule has 0 aromatic carbocycles. The smallest absolute Gasteiger partial charge is 0.243 e. The number of amides is 1. The molecule has 2 atom stereocenters. The Hall–Kier alpha value is -1.76. The van der Waals surface area contributed by atoms with Gasteiger partial charge in [-0.15, -0.1) is 21.5 Å². The molecular formula is C14H19N5OS. The Kier molecular flexibility index (Phi) is 4.28. The Morgan fingerprint density at radius 3 is 3.10 bits per heavy atom. The second kappa shape index (κ2) is 6.34. The quantitative estimate of drug-likeness (QED) is 0.939. The number of hydrogen-bond donors (Lipinski definition) is 1. The van der Waals surface area contributed by atoms with E-state index in [4.69, 9.17) is 0 Å². The van der Waals surface area contributed by atoms with Crippen LogP contribution in [0.25, 0.3) is 10.7 Å². The highest BCUT2D eigenvalue weighted by Gasteiger charge is 2.23. The second-order valence-corrected chi connectivity index (χ2v) is 6.50. The number of nitrogens with zero attached hydrogens (tertiary/aromatic N) is 4. The van der Waals surface area contributed by atoms with Gasteiger partial charge in [0.1, 0.15) is 6.54 Å². The van der Waals surface area contributed by atoms with E-state index in [0.717, 1.165) is 11.3 Å². The first kappa shape index (κ1) is 14.2. The van der Waals surface area contributed by atoms with Crippen molar-refractivity contribution in [1.82, 2.24) is 25.5 Å². The largest absolute Gasteiger partial charge is 0.351 e. The fraction of sp³-hybridized carbons (Fsp3) is 0.571. The monoisotopic (exact) mass is 305 g/mol. The van der Waals surface area contributed by atoms with E-state index in [1.807, 2.05) is 17.5 Å². The molecule has 2 heterocycles. The molecule has 1 N–H and O–H groups in total. The lowest BCUT2D eigenvalue weighted by atomic mass is 9.86. The molecule has 2 aromatic heterocycles. The average Bonchev–Trinajstić information content (AvgIpc) is 3.12. The summed E-state index contributed by atoms with van der Waals surface area (Å²) in [5.74, 6) is 1.08. The van der Waals surface area contributed by atoms with Crippen LogP contribution in [0.1, 0.15) is 32.6 Å². The molecule has 2 aromatic rings. The number of carbonyl (C=O) groups excluding carboxylic acids is 1. The van der Waals surface area contributed by atoms with Crippen LogP contribution in [0.2, 0.25) is 0 Å². The van der Waals surface area contributed by atoms with Crippen molar-refractivity contribution in [1.29, 1.82) is 0 Å². The molecule has 1 fully saturated rings. The molecule has 0 saturated heterocycles. The highest BCUT2D eigenvalue weighted by atomic mass is 32.1. The SMILES string of the molecule is CC1CCCCC1NC(=O)Cn1nnc(-c2cccs2)n1. The van der Waals surface area contributed by atoms with E-state index in [1.165, 1.54) is 24.1 Å². The maximum Gasteiger partial charge on any atom is 0.243 e. The van der Waals surface area contributed by atoms with Crippen LogP contribution in [0.4, 0.5) is 0 Å². The minimum absolute atomic E-state index is 0.0381. The highest BCUT2D eigenvalue weighted by molar-refractivity contribution is 7.13. The summed E-state index contributed by atoms with van der Waals surface area (Å²) in [6.07, 6.45) is 4.72. The summed E-state index contributed by atoms with van der Waals surface area (Å²) in [7, 11) is 0. The molecule has 1 saturated carbocycles. The van der Waals surface area contributed by atoms with E-state index in [0.29, 0.717) is 11.7 Å². The van der Waals surface area contributed by atoms with Gasteiger partial charge in [-0.2, -0.15) is 4.80 Å². The summed E-state index contributed by atoms with van der Waals surface area (Å²) in [6.45, 7) is 2.33. The van der Waals surface area contributed by atoms with Crippen LogP contribution in [0.15, 0.2) is 17.5 Å². The zero-order valence-corrected chi connectivity index (χ0v) is 12.8. The summed E-state index contributed by atoms with van der Waals surface area (Å²) in [6, 6.07) is 4.17.